The van der Waals surface area contributed by atoms with E-state index in [1.54, 1.807) is 24.7 Å². The first-order valence-corrected chi connectivity index (χ1v) is 5.84. The van der Waals surface area contributed by atoms with Crippen LogP contribution in [0.5, 0.6) is 0 Å². The van der Waals surface area contributed by atoms with E-state index in [9.17, 15) is 10.1 Å². The van der Waals surface area contributed by atoms with Gasteiger partial charge in [-0.05, 0) is 0 Å². The van der Waals surface area contributed by atoms with Gasteiger partial charge in [0.2, 0.25) is 0 Å². The van der Waals surface area contributed by atoms with Crippen molar-refractivity contribution in [2.24, 2.45) is 0 Å². The zero-order valence-electron chi connectivity index (χ0n) is 10.3. The lowest BCUT2D eigenvalue weighted by atomic mass is 10.2. The van der Waals surface area contributed by atoms with Gasteiger partial charge < -0.3 is 4.57 Å². The van der Waals surface area contributed by atoms with Crippen LogP contribution in [-0.4, -0.2) is 29.7 Å². The highest BCUT2D eigenvalue weighted by Gasteiger charge is 2.11. The molecule has 0 aliphatic heterocycles. The molecule has 0 spiro atoms. The molecule has 0 atom stereocenters. The van der Waals surface area contributed by atoms with Crippen molar-refractivity contribution >= 4 is 5.69 Å². The molecule has 3 aromatic rings. The van der Waals surface area contributed by atoms with Crippen LogP contribution < -0.4 is 0 Å². The first kappa shape index (κ1) is 12.0. The van der Waals surface area contributed by atoms with Gasteiger partial charge in [0.1, 0.15) is 5.82 Å². The fourth-order valence-electron chi connectivity index (χ4n) is 1.81. The molecule has 8 heteroatoms. The Morgan fingerprint density at radius 3 is 3.05 bits per heavy atom. The van der Waals surface area contributed by atoms with Gasteiger partial charge in [-0.25, -0.2) is 9.97 Å². The number of nitrogens with zero attached hydrogens (tertiary/aromatic N) is 5. The number of nitro benzene ring substituents is 1. The van der Waals surface area contributed by atoms with E-state index in [0.717, 1.165) is 0 Å². The molecule has 0 fully saturated rings. The van der Waals surface area contributed by atoms with E-state index in [1.165, 1.54) is 12.1 Å². The topological polar surface area (TPSA) is 103 Å². The van der Waals surface area contributed by atoms with Crippen LogP contribution in [0.3, 0.4) is 0 Å². The van der Waals surface area contributed by atoms with Crippen LogP contribution >= 0.6 is 0 Å². The molecular formula is C12H10N6O2. The molecule has 20 heavy (non-hydrogen) atoms. The Morgan fingerprint density at radius 1 is 1.40 bits per heavy atom. The molecule has 3 rings (SSSR count). The molecule has 1 N–H and O–H groups in total. The van der Waals surface area contributed by atoms with Gasteiger partial charge in [0.15, 0.2) is 5.82 Å². The maximum atomic E-state index is 10.7. The van der Waals surface area contributed by atoms with E-state index >= 15 is 0 Å². The number of H-pyrrole nitrogens is 1. The summed E-state index contributed by atoms with van der Waals surface area (Å²) in [6, 6.07) is 6.23. The summed E-state index contributed by atoms with van der Waals surface area (Å²) < 4.78 is 1.84. The molecule has 0 saturated carbocycles. The highest BCUT2D eigenvalue weighted by atomic mass is 16.6. The van der Waals surface area contributed by atoms with Gasteiger partial charge in [-0.1, -0.05) is 12.1 Å². The van der Waals surface area contributed by atoms with E-state index in [-0.39, 0.29) is 5.69 Å². The summed E-state index contributed by atoms with van der Waals surface area (Å²) in [6.07, 6.45) is 5.17. The number of aromatic nitrogens is 5. The summed E-state index contributed by atoms with van der Waals surface area (Å²) in [6.45, 7) is 0.516. The summed E-state index contributed by atoms with van der Waals surface area (Å²) in [4.78, 5) is 18.6. The third kappa shape index (κ3) is 2.39. The summed E-state index contributed by atoms with van der Waals surface area (Å²) in [5, 5.41) is 17.6. The van der Waals surface area contributed by atoms with Crippen LogP contribution in [0.25, 0.3) is 11.4 Å². The number of nitrogens with one attached hydrogen (secondary N) is 1. The quantitative estimate of drug-likeness (QED) is 0.573. The zero-order valence-corrected chi connectivity index (χ0v) is 10.3. The second-order valence-corrected chi connectivity index (χ2v) is 4.15. The van der Waals surface area contributed by atoms with E-state index in [4.69, 9.17) is 0 Å². The first-order valence-electron chi connectivity index (χ1n) is 5.84. The fourth-order valence-corrected chi connectivity index (χ4v) is 1.81. The molecule has 2 heterocycles. The molecule has 0 aliphatic carbocycles. The first-order chi connectivity index (χ1) is 9.72. The summed E-state index contributed by atoms with van der Waals surface area (Å²) in [5.41, 5.74) is 0.621. The SMILES string of the molecule is O=[N+]([O-])c1cccc(-c2n[nH]c(Cn3ccnc3)n2)c1. The third-order valence-corrected chi connectivity index (χ3v) is 2.74. The minimum atomic E-state index is -0.442. The zero-order chi connectivity index (χ0) is 13.9. The van der Waals surface area contributed by atoms with Crippen molar-refractivity contribution in [1.82, 2.24) is 24.7 Å². The molecular weight excluding hydrogens is 260 g/mol. The number of imidazole rings is 1. The van der Waals surface area contributed by atoms with Gasteiger partial charge >= 0.3 is 0 Å². The van der Waals surface area contributed by atoms with Crippen molar-refractivity contribution in [2.45, 2.75) is 6.54 Å². The van der Waals surface area contributed by atoms with Gasteiger partial charge in [0, 0.05) is 30.1 Å². The van der Waals surface area contributed by atoms with Gasteiger partial charge in [0.25, 0.3) is 5.69 Å². The van der Waals surface area contributed by atoms with E-state index < -0.39 is 4.92 Å². The van der Waals surface area contributed by atoms with Crippen LogP contribution in [0.4, 0.5) is 5.69 Å². The smallest absolute Gasteiger partial charge is 0.270 e. The molecule has 0 amide bonds. The van der Waals surface area contributed by atoms with Crippen molar-refractivity contribution in [1.29, 1.82) is 0 Å². The van der Waals surface area contributed by atoms with Gasteiger partial charge in [0.05, 0.1) is 17.8 Å². The summed E-state index contributed by atoms with van der Waals surface area (Å²) in [5.74, 6) is 1.09. The monoisotopic (exact) mass is 270 g/mol. The van der Waals surface area contributed by atoms with Crippen molar-refractivity contribution in [3.8, 4) is 11.4 Å². The Labute approximate surface area is 113 Å². The van der Waals surface area contributed by atoms with E-state index in [0.29, 0.717) is 23.8 Å². The van der Waals surface area contributed by atoms with Crippen molar-refractivity contribution < 1.29 is 4.92 Å². The van der Waals surface area contributed by atoms with Gasteiger partial charge in [-0.3, -0.25) is 15.2 Å². The fraction of sp³-hybridized carbons (Fsp3) is 0.0833. The maximum absolute atomic E-state index is 10.7. The number of rotatable bonds is 4. The van der Waals surface area contributed by atoms with Crippen LogP contribution in [0.2, 0.25) is 0 Å². The van der Waals surface area contributed by atoms with Gasteiger partial charge in [-0.15, -0.1) is 0 Å². The van der Waals surface area contributed by atoms with Crippen LogP contribution in [0.1, 0.15) is 5.82 Å². The molecule has 1 aromatic carbocycles. The number of non-ortho nitro benzene ring substituents is 1. The number of nitro groups is 1. The van der Waals surface area contributed by atoms with Crippen LogP contribution in [-0.2, 0) is 6.54 Å². The average molecular weight is 270 g/mol. The van der Waals surface area contributed by atoms with Crippen molar-refractivity contribution in [3.63, 3.8) is 0 Å². The molecule has 100 valence electrons. The van der Waals surface area contributed by atoms with Crippen molar-refractivity contribution in [2.75, 3.05) is 0 Å². The van der Waals surface area contributed by atoms with E-state index in [1.807, 2.05) is 10.8 Å². The largest absolute Gasteiger partial charge is 0.330 e. The Bertz CT molecular complexity index is 734. The highest BCUT2D eigenvalue weighted by molar-refractivity contribution is 5.58. The van der Waals surface area contributed by atoms with Crippen LogP contribution in [0.15, 0.2) is 43.0 Å². The molecule has 0 unspecified atom stereocenters. The van der Waals surface area contributed by atoms with E-state index in [2.05, 4.69) is 20.2 Å². The number of hydrogen-bond donors (Lipinski definition) is 1. The molecule has 0 aliphatic rings. The number of benzene rings is 1. The lowest BCUT2D eigenvalue weighted by molar-refractivity contribution is -0.384. The second kappa shape index (κ2) is 4.92. The maximum Gasteiger partial charge on any atom is 0.270 e. The number of hydrogen-bond acceptors (Lipinski definition) is 5. The minimum absolute atomic E-state index is 0.0171. The lowest BCUT2D eigenvalue weighted by Gasteiger charge is -1.96. The van der Waals surface area contributed by atoms with Crippen LogP contribution in [0, 0.1) is 10.1 Å². The average Bonchev–Trinajstić information content (AvgIpc) is 3.11. The molecule has 0 saturated heterocycles. The number of aromatic amines is 1. The molecule has 2 aromatic heterocycles. The molecule has 0 bridgehead atoms. The summed E-state index contributed by atoms with van der Waals surface area (Å²) in [7, 11) is 0. The van der Waals surface area contributed by atoms with Gasteiger partial charge in [-0.2, -0.15) is 5.10 Å². The van der Waals surface area contributed by atoms with Crippen molar-refractivity contribution in [3.05, 3.63) is 58.9 Å². The Balaban J connectivity index is 1.86. The standard InChI is InChI=1S/C12H10N6O2/c19-18(20)10-3-1-2-9(6-10)12-14-11(15-16-12)7-17-5-4-13-8-17/h1-6,8H,7H2,(H,14,15,16). The highest BCUT2D eigenvalue weighted by Crippen LogP contribution is 2.20. The third-order valence-electron chi connectivity index (χ3n) is 2.74. The normalized spacial score (nSPS) is 10.6. The Hall–Kier alpha value is -3.03. The predicted octanol–water partition coefficient (Wildman–Crippen LogP) is 1.62. The Kier molecular flexibility index (Phi) is 2.96. The predicted molar refractivity (Wildman–Crippen MR) is 69.8 cm³/mol. The Morgan fingerprint density at radius 2 is 2.30 bits per heavy atom. The molecule has 0 radical (unpaired) electrons. The second-order valence-electron chi connectivity index (χ2n) is 4.15. The minimum Gasteiger partial charge on any atom is -0.330 e. The molecule has 8 nitrogen and oxygen atoms in total. The lowest BCUT2D eigenvalue weighted by Crippen LogP contribution is -1.98. The summed E-state index contributed by atoms with van der Waals surface area (Å²) >= 11 is 0.